The van der Waals surface area contributed by atoms with Crippen LogP contribution in [0, 0.1) is 18.2 Å². The van der Waals surface area contributed by atoms with Gasteiger partial charge in [-0.3, -0.25) is 9.78 Å². The first kappa shape index (κ1) is 24.4. The van der Waals surface area contributed by atoms with Gasteiger partial charge in [-0.25, -0.2) is 4.39 Å². The van der Waals surface area contributed by atoms with Crippen molar-refractivity contribution in [3.05, 3.63) is 53.1 Å². The van der Waals surface area contributed by atoms with Crippen LogP contribution in [0.2, 0.25) is 0 Å². The van der Waals surface area contributed by atoms with E-state index in [-0.39, 0.29) is 36.1 Å². The number of halogens is 1. The van der Waals surface area contributed by atoms with E-state index in [9.17, 15) is 14.3 Å². The highest BCUT2D eigenvalue weighted by Gasteiger charge is 2.30. The minimum Gasteiger partial charge on any atom is -0.481 e. The van der Waals surface area contributed by atoms with Gasteiger partial charge in [0.15, 0.2) is 0 Å². The lowest BCUT2D eigenvalue weighted by Crippen LogP contribution is -2.38. The molecule has 9 nitrogen and oxygen atoms in total. The topological polar surface area (TPSA) is 114 Å². The molecule has 1 N–H and O–H groups in total. The molecule has 0 amide bonds. The molecule has 2 aromatic heterocycles. The number of carbonyl (C=O) groups is 1. The van der Waals surface area contributed by atoms with Gasteiger partial charge in [0.2, 0.25) is 5.82 Å². The van der Waals surface area contributed by atoms with E-state index in [4.69, 9.17) is 4.74 Å². The average Bonchev–Trinajstić information content (AvgIpc) is 2.82. The molecule has 3 heterocycles. The number of benzene rings is 1. The average molecular weight is 481 g/mol. The smallest absolute Gasteiger partial charge is 0.355 e. The van der Waals surface area contributed by atoms with Crippen LogP contribution >= 0.6 is 0 Å². The highest BCUT2D eigenvalue weighted by atomic mass is 19.1. The van der Waals surface area contributed by atoms with Gasteiger partial charge in [-0.05, 0) is 42.9 Å². The molecule has 1 fully saturated rings. The number of aryl methyl sites for hydroxylation is 1. The third-order valence-electron chi connectivity index (χ3n) is 6.36. The van der Waals surface area contributed by atoms with E-state index in [0.717, 1.165) is 37.2 Å². The number of aromatic nitrogens is 5. The number of piperidine rings is 1. The number of pyridine rings is 1. The Morgan fingerprint density at radius 1 is 1.11 bits per heavy atom. The molecule has 0 radical (unpaired) electrons. The van der Waals surface area contributed by atoms with Crippen molar-refractivity contribution in [1.82, 2.24) is 25.4 Å². The standard InChI is InChI=1S/C25H29FN6O3/c1-16-19(14-21(33)34)22(32-11-9-25(2,3)10-12-32)20(15-27-16)23-28-30-24(31-29-23)35-13-8-17-4-6-18(26)7-5-17/h4-7,15H,8-14H2,1-3H3,(H,33,34). The van der Waals surface area contributed by atoms with Gasteiger partial charge in [-0.1, -0.05) is 36.2 Å². The number of anilines is 1. The highest BCUT2D eigenvalue weighted by molar-refractivity contribution is 5.82. The van der Waals surface area contributed by atoms with Gasteiger partial charge in [0.05, 0.1) is 24.3 Å². The van der Waals surface area contributed by atoms with Crippen molar-refractivity contribution in [3.63, 3.8) is 0 Å². The molecule has 0 unspecified atom stereocenters. The zero-order valence-corrected chi connectivity index (χ0v) is 20.2. The molecule has 1 saturated heterocycles. The Kier molecular flexibility index (Phi) is 7.18. The molecule has 184 valence electrons. The first-order chi connectivity index (χ1) is 16.7. The zero-order chi connectivity index (χ0) is 25.0. The van der Waals surface area contributed by atoms with Crippen LogP contribution in [0.5, 0.6) is 6.01 Å². The van der Waals surface area contributed by atoms with Crippen molar-refractivity contribution in [3.8, 4) is 17.4 Å². The first-order valence-corrected chi connectivity index (χ1v) is 11.6. The molecular weight excluding hydrogens is 451 g/mol. The number of carboxylic acid groups (broad SMARTS) is 1. The van der Waals surface area contributed by atoms with Gasteiger partial charge in [-0.2, -0.15) is 0 Å². The Morgan fingerprint density at radius 3 is 2.40 bits per heavy atom. The van der Waals surface area contributed by atoms with Gasteiger partial charge >= 0.3 is 12.0 Å². The van der Waals surface area contributed by atoms with Crippen molar-refractivity contribution in [2.75, 3.05) is 24.6 Å². The van der Waals surface area contributed by atoms with Crippen LogP contribution in [-0.4, -0.2) is 56.2 Å². The van der Waals surface area contributed by atoms with Gasteiger partial charge in [0.25, 0.3) is 0 Å². The quantitative estimate of drug-likeness (QED) is 0.516. The minimum atomic E-state index is -0.923. The summed E-state index contributed by atoms with van der Waals surface area (Å²) in [6.45, 7) is 8.18. The zero-order valence-electron chi connectivity index (χ0n) is 20.2. The molecule has 1 aliphatic heterocycles. The van der Waals surface area contributed by atoms with E-state index in [1.165, 1.54) is 12.1 Å². The van der Waals surface area contributed by atoms with Gasteiger partial charge in [0, 0.05) is 37.0 Å². The van der Waals surface area contributed by atoms with Crippen LogP contribution in [-0.2, 0) is 17.6 Å². The molecule has 35 heavy (non-hydrogen) atoms. The molecule has 1 aromatic carbocycles. The lowest BCUT2D eigenvalue weighted by molar-refractivity contribution is -0.136. The number of carboxylic acids is 1. The minimum absolute atomic E-state index is 0.0305. The molecule has 0 bridgehead atoms. The molecular formula is C25H29FN6O3. The van der Waals surface area contributed by atoms with Crippen LogP contribution in [0.25, 0.3) is 11.4 Å². The second kappa shape index (κ2) is 10.3. The maximum Gasteiger partial charge on any atom is 0.355 e. The van der Waals surface area contributed by atoms with E-state index < -0.39 is 5.97 Å². The molecule has 1 aliphatic rings. The summed E-state index contributed by atoms with van der Waals surface area (Å²) < 4.78 is 18.6. The molecule has 0 saturated carbocycles. The van der Waals surface area contributed by atoms with Crippen molar-refractivity contribution >= 4 is 11.7 Å². The van der Waals surface area contributed by atoms with Gasteiger partial charge in [0.1, 0.15) is 5.82 Å². The van der Waals surface area contributed by atoms with Crippen LogP contribution in [0.1, 0.15) is 43.5 Å². The molecule has 3 aromatic rings. The number of hydrogen-bond donors (Lipinski definition) is 1. The molecule has 0 spiro atoms. The van der Waals surface area contributed by atoms with E-state index in [0.29, 0.717) is 23.2 Å². The molecule has 10 heteroatoms. The summed E-state index contributed by atoms with van der Waals surface area (Å²) in [6, 6.07) is 6.23. The summed E-state index contributed by atoms with van der Waals surface area (Å²) in [5, 5.41) is 26.1. The second-order valence-corrected chi connectivity index (χ2v) is 9.54. The number of ether oxygens (including phenoxy) is 1. The third-order valence-corrected chi connectivity index (χ3v) is 6.36. The summed E-state index contributed by atoms with van der Waals surface area (Å²) in [5.74, 6) is -0.950. The van der Waals surface area contributed by atoms with Crippen LogP contribution < -0.4 is 9.64 Å². The Bertz CT molecular complexity index is 1180. The Morgan fingerprint density at radius 2 is 1.77 bits per heavy atom. The number of hydrogen-bond acceptors (Lipinski definition) is 8. The summed E-state index contributed by atoms with van der Waals surface area (Å²) in [7, 11) is 0. The predicted molar refractivity (Wildman–Crippen MR) is 128 cm³/mol. The van der Waals surface area contributed by atoms with E-state index in [2.05, 4.69) is 44.1 Å². The molecule has 0 atom stereocenters. The number of aliphatic carboxylic acids is 1. The third kappa shape index (κ3) is 6.06. The fraction of sp³-hybridized carbons (Fsp3) is 0.440. The monoisotopic (exact) mass is 480 g/mol. The lowest BCUT2D eigenvalue weighted by atomic mass is 9.82. The fourth-order valence-corrected chi connectivity index (χ4v) is 4.15. The summed E-state index contributed by atoms with van der Waals surface area (Å²) in [5.41, 5.74) is 3.86. The van der Waals surface area contributed by atoms with Crippen molar-refractivity contribution in [2.24, 2.45) is 5.41 Å². The highest BCUT2D eigenvalue weighted by Crippen LogP contribution is 2.38. The van der Waals surface area contributed by atoms with Gasteiger partial charge in [-0.15, -0.1) is 10.2 Å². The summed E-state index contributed by atoms with van der Waals surface area (Å²) in [4.78, 5) is 18.3. The number of nitrogens with zero attached hydrogens (tertiary/aromatic N) is 6. The van der Waals surface area contributed by atoms with Gasteiger partial charge < -0.3 is 14.7 Å². The Hall–Kier alpha value is -3.69. The predicted octanol–water partition coefficient (Wildman–Crippen LogP) is 3.65. The Labute approximate surface area is 203 Å². The first-order valence-electron chi connectivity index (χ1n) is 11.6. The van der Waals surface area contributed by atoms with E-state index in [1.807, 2.05) is 6.92 Å². The fourth-order valence-electron chi connectivity index (χ4n) is 4.15. The summed E-state index contributed by atoms with van der Waals surface area (Å²) in [6.07, 6.45) is 4.04. The molecule has 0 aliphatic carbocycles. The Balaban J connectivity index is 1.56. The maximum atomic E-state index is 13.0. The summed E-state index contributed by atoms with van der Waals surface area (Å²) >= 11 is 0. The van der Waals surface area contributed by atoms with Crippen LogP contribution in [0.15, 0.2) is 30.5 Å². The largest absolute Gasteiger partial charge is 0.481 e. The lowest BCUT2D eigenvalue weighted by Gasteiger charge is -2.39. The molecule has 4 rings (SSSR count). The maximum absolute atomic E-state index is 13.0. The van der Waals surface area contributed by atoms with Crippen LogP contribution in [0.3, 0.4) is 0 Å². The van der Waals surface area contributed by atoms with Crippen molar-refractivity contribution < 1.29 is 19.0 Å². The van der Waals surface area contributed by atoms with Crippen molar-refractivity contribution in [2.45, 2.75) is 46.5 Å². The number of rotatable bonds is 8. The second-order valence-electron chi connectivity index (χ2n) is 9.54. The van der Waals surface area contributed by atoms with Crippen LogP contribution in [0.4, 0.5) is 10.1 Å². The van der Waals surface area contributed by atoms with E-state index >= 15 is 0 Å². The SMILES string of the molecule is Cc1ncc(-c2nnc(OCCc3ccc(F)cc3)nn2)c(N2CCC(C)(C)CC2)c1CC(=O)O. The van der Waals surface area contributed by atoms with Crippen molar-refractivity contribution in [1.29, 1.82) is 0 Å². The van der Waals surface area contributed by atoms with E-state index in [1.54, 1.807) is 18.3 Å². The normalized spacial score (nSPS) is 15.1.